The Hall–Kier alpha value is -1.82. The number of urea groups is 1. The summed E-state index contributed by atoms with van der Waals surface area (Å²) in [5, 5.41) is 13.2. The first-order chi connectivity index (χ1) is 10.8. The van der Waals surface area contributed by atoms with Crippen molar-refractivity contribution in [1.82, 2.24) is 10.2 Å². The molecule has 2 N–H and O–H groups in total. The maximum absolute atomic E-state index is 13.4. The van der Waals surface area contributed by atoms with Gasteiger partial charge in [0.1, 0.15) is 0 Å². The molecule has 2 amide bonds. The van der Waals surface area contributed by atoms with E-state index >= 15 is 0 Å². The lowest BCUT2D eigenvalue weighted by Gasteiger charge is -2.29. The van der Waals surface area contributed by atoms with E-state index < -0.39 is 11.4 Å². The summed E-state index contributed by atoms with van der Waals surface area (Å²) in [6.07, 6.45) is 3.46. The fourth-order valence-corrected chi connectivity index (χ4v) is 3.03. The van der Waals surface area contributed by atoms with Crippen molar-refractivity contribution in [2.45, 2.75) is 44.2 Å². The zero-order valence-electron chi connectivity index (χ0n) is 13.9. The number of ether oxygens (including phenoxy) is 1. The van der Waals surface area contributed by atoms with E-state index in [2.05, 4.69) is 5.32 Å². The van der Waals surface area contributed by atoms with E-state index in [1.807, 2.05) is 6.92 Å². The molecule has 2 rings (SSSR count). The molecule has 1 aliphatic carbocycles. The minimum atomic E-state index is -0.769. The minimum Gasteiger partial charge on any atom is -0.494 e. The molecule has 1 unspecified atom stereocenters. The lowest BCUT2D eigenvalue weighted by atomic mass is 10.0. The summed E-state index contributed by atoms with van der Waals surface area (Å²) in [6.45, 7) is 2.14. The molecule has 0 saturated heterocycles. The number of hydrogen-bond donors (Lipinski definition) is 2. The molecule has 1 atom stereocenters. The van der Waals surface area contributed by atoms with E-state index in [1.165, 1.54) is 18.1 Å². The van der Waals surface area contributed by atoms with E-state index in [1.54, 1.807) is 19.2 Å². The van der Waals surface area contributed by atoms with Crippen molar-refractivity contribution in [1.29, 1.82) is 0 Å². The quantitative estimate of drug-likeness (QED) is 0.875. The molecule has 128 valence electrons. The zero-order valence-corrected chi connectivity index (χ0v) is 13.9. The summed E-state index contributed by atoms with van der Waals surface area (Å²) >= 11 is 0. The van der Waals surface area contributed by atoms with E-state index in [9.17, 15) is 14.3 Å². The van der Waals surface area contributed by atoms with Crippen molar-refractivity contribution in [3.63, 3.8) is 0 Å². The van der Waals surface area contributed by atoms with E-state index in [0.29, 0.717) is 6.54 Å². The van der Waals surface area contributed by atoms with Gasteiger partial charge in [-0.15, -0.1) is 0 Å². The topological polar surface area (TPSA) is 61.8 Å². The van der Waals surface area contributed by atoms with Crippen molar-refractivity contribution in [3.05, 3.63) is 29.6 Å². The number of likely N-dealkylation sites (N-methyl/N-ethyl adjacent to an activating group) is 1. The summed E-state index contributed by atoms with van der Waals surface area (Å²) in [7, 11) is 3.07. The number of hydrogen-bond acceptors (Lipinski definition) is 3. The molecule has 23 heavy (non-hydrogen) atoms. The van der Waals surface area contributed by atoms with Crippen LogP contribution in [-0.4, -0.2) is 42.3 Å². The van der Waals surface area contributed by atoms with Gasteiger partial charge in [-0.2, -0.15) is 0 Å². The minimum absolute atomic E-state index is 0.150. The Morgan fingerprint density at radius 3 is 2.74 bits per heavy atom. The number of carbonyl (C=O) groups excluding carboxylic acids is 1. The molecule has 1 fully saturated rings. The van der Waals surface area contributed by atoms with Gasteiger partial charge in [-0.05, 0) is 37.5 Å². The Bertz CT molecular complexity index is 559. The van der Waals surface area contributed by atoms with E-state index in [-0.39, 0.29) is 17.8 Å². The molecule has 6 heteroatoms. The van der Waals surface area contributed by atoms with Gasteiger partial charge in [0.25, 0.3) is 0 Å². The number of aliphatic hydroxyl groups is 1. The van der Waals surface area contributed by atoms with E-state index in [0.717, 1.165) is 31.2 Å². The van der Waals surface area contributed by atoms with Gasteiger partial charge >= 0.3 is 6.03 Å². The molecular weight excluding hydrogens is 299 g/mol. The van der Waals surface area contributed by atoms with Crippen LogP contribution in [0.15, 0.2) is 18.2 Å². The van der Waals surface area contributed by atoms with Crippen LogP contribution in [0.1, 0.15) is 44.2 Å². The monoisotopic (exact) mass is 324 g/mol. The predicted octanol–water partition coefficient (Wildman–Crippen LogP) is 2.84. The van der Waals surface area contributed by atoms with Crippen LogP contribution in [0, 0.1) is 5.82 Å². The van der Waals surface area contributed by atoms with Gasteiger partial charge in [0.15, 0.2) is 11.6 Å². The predicted molar refractivity (Wildman–Crippen MR) is 85.9 cm³/mol. The summed E-state index contributed by atoms with van der Waals surface area (Å²) in [6, 6.07) is 3.96. The van der Waals surface area contributed by atoms with Crippen LogP contribution >= 0.6 is 0 Å². The van der Waals surface area contributed by atoms with Crippen molar-refractivity contribution in [2.24, 2.45) is 0 Å². The highest BCUT2D eigenvalue weighted by atomic mass is 19.1. The average Bonchev–Trinajstić information content (AvgIpc) is 2.93. The van der Waals surface area contributed by atoms with Crippen LogP contribution in [0.25, 0.3) is 0 Å². The third-order valence-electron chi connectivity index (χ3n) is 4.43. The maximum atomic E-state index is 13.4. The van der Waals surface area contributed by atoms with Crippen LogP contribution in [-0.2, 0) is 0 Å². The van der Waals surface area contributed by atoms with Gasteiger partial charge in [0.05, 0.1) is 25.3 Å². The normalized spacial score (nSPS) is 17.6. The Morgan fingerprint density at radius 2 is 2.13 bits per heavy atom. The van der Waals surface area contributed by atoms with Gasteiger partial charge in [0.2, 0.25) is 0 Å². The number of amides is 2. The molecule has 0 heterocycles. The third-order valence-corrected chi connectivity index (χ3v) is 4.43. The van der Waals surface area contributed by atoms with Gasteiger partial charge in [-0.3, -0.25) is 0 Å². The molecule has 1 aromatic carbocycles. The number of rotatable bonds is 5. The highest BCUT2D eigenvalue weighted by molar-refractivity contribution is 5.74. The van der Waals surface area contributed by atoms with Crippen molar-refractivity contribution >= 4 is 6.03 Å². The Balaban J connectivity index is 1.96. The molecule has 0 spiro atoms. The Morgan fingerprint density at radius 1 is 1.48 bits per heavy atom. The second-order valence-electron chi connectivity index (χ2n) is 6.35. The number of benzene rings is 1. The molecule has 0 aromatic heterocycles. The Kier molecular flexibility index (Phi) is 5.46. The fourth-order valence-electron chi connectivity index (χ4n) is 3.03. The number of carbonyl (C=O) groups is 1. The zero-order chi connectivity index (χ0) is 17.0. The van der Waals surface area contributed by atoms with Crippen LogP contribution < -0.4 is 10.1 Å². The Labute approximate surface area is 136 Å². The molecular formula is C17H25FN2O3. The van der Waals surface area contributed by atoms with Crippen molar-refractivity contribution in [3.8, 4) is 5.75 Å². The summed E-state index contributed by atoms with van der Waals surface area (Å²) in [5.74, 6) is -0.285. The lowest BCUT2D eigenvalue weighted by molar-refractivity contribution is 0.0245. The SMILES string of the molecule is COc1cc(C(C)NC(=O)N(C)CC2(O)CCCC2)ccc1F. The second kappa shape index (κ2) is 7.17. The molecule has 1 saturated carbocycles. The molecule has 0 radical (unpaired) electrons. The second-order valence-corrected chi connectivity index (χ2v) is 6.35. The first-order valence-corrected chi connectivity index (χ1v) is 7.92. The van der Waals surface area contributed by atoms with Gasteiger partial charge in [-0.1, -0.05) is 18.9 Å². The number of nitrogens with one attached hydrogen (secondary N) is 1. The van der Waals surface area contributed by atoms with Crippen LogP contribution in [0.3, 0.4) is 0 Å². The van der Waals surface area contributed by atoms with Gasteiger partial charge in [0, 0.05) is 7.05 Å². The standard InChI is InChI=1S/C17H25FN2O3/c1-12(13-6-7-14(18)15(10-13)23-3)19-16(21)20(2)11-17(22)8-4-5-9-17/h6-7,10,12,22H,4-5,8-9,11H2,1-3H3,(H,19,21). The maximum Gasteiger partial charge on any atom is 0.317 e. The number of nitrogens with zero attached hydrogens (tertiary/aromatic N) is 1. The van der Waals surface area contributed by atoms with Crippen LogP contribution in [0.2, 0.25) is 0 Å². The first kappa shape index (κ1) is 17.5. The highest BCUT2D eigenvalue weighted by Gasteiger charge is 2.33. The lowest BCUT2D eigenvalue weighted by Crippen LogP contribution is -2.46. The molecule has 5 nitrogen and oxygen atoms in total. The first-order valence-electron chi connectivity index (χ1n) is 7.92. The number of methoxy groups -OCH3 is 1. The number of halogens is 1. The summed E-state index contributed by atoms with van der Waals surface area (Å²) < 4.78 is 18.4. The summed E-state index contributed by atoms with van der Waals surface area (Å²) in [4.78, 5) is 13.8. The van der Waals surface area contributed by atoms with Gasteiger partial charge < -0.3 is 20.1 Å². The van der Waals surface area contributed by atoms with E-state index in [4.69, 9.17) is 4.74 Å². The largest absolute Gasteiger partial charge is 0.494 e. The van der Waals surface area contributed by atoms with Crippen LogP contribution in [0.4, 0.5) is 9.18 Å². The summed E-state index contributed by atoms with van der Waals surface area (Å²) in [5.41, 5.74) is -0.0152. The molecule has 0 aliphatic heterocycles. The molecule has 1 aromatic rings. The highest BCUT2D eigenvalue weighted by Crippen LogP contribution is 2.30. The average molecular weight is 324 g/mol. The van der Waals surface area contributed by atoms with Crippen LogP contribution in [0.5, 0.6) is 5.75 Å². The van der Waals surface area contributed by atoms with Crippen molar-refractivity contribution in [2.75, 3.05) is 20.7 Å². The smallest absolute Gasteiger partial charge is 0.317 e. The van der Waals surface area contributed by atoms with Gasteiger partial charge in [-0.25, -0.2) is 9.18 Å². The molecule has 1 aliphatic rings. The van der Waals surface area contributed by atoms with Crippen molar-refractivity contribution < 1.29 is 19.0 Å². The molecule has 0 bridgehead atoms. The fraction of sp³-hybridized carbons (Fsp3) is 0.588. The third kappa shape index (κ3) is 4.34.